The van der Waals surface area contributed by atoms with Crippen molar-refractivity contribution < 1.29 is 39.5 Å². The lowest BCUT2D eigenvalue weighted by atomic mass is 10.3. The minimum atomic E-state index is -4.90. The predicted molar refractivity (Wildman–Crippen MR) is 112 cm³/mol. The first-order valence-corrected chi connectivity index (χ1v) is 12.5. The summed E-state index contributed by atoms with van der Waals surface area (Å²) < 4.78 is 98.3. The van der Waals surface area contributed by atoms with E-state index in [1.54, 1.807) is 0 Å². The van der Waals surface area contributed by atoms with Crippen LogP contribution < -0.4 is 9.64 Å². The number of hydrogen-bond donors (Lipinski definition) is 1. The summed E-state index contributed by atoms with van der Waals surface area (Å²) in [7, 11) is -5.93. The first-order valence-electron chi connectivity index (χ1n) is 9.44. The van der Waals surface area contributed by atoms with Gasteiger partial charge in [-0.3, -0.25) is 0 Å². The standard InChI is InChI=1S/C18H19ClF3N3O6S2/c1-30-6-7-31-11-2-3-14(13(19)8-11)33(28,29)12-4-5-25(10-12)16-9-15(18(20,21)22)23-17(24-16)32(26)27/h2-3,8-9,12,32H,4-7,10H2,1H3/t12-/m0/s1. The van der Waals surface area contributed by atoms with Crippen LogP contribution in [-0.4, -0.2) is 65.5 Å². The third kappa shape index (κ3) is 5.86. The minimum Gasteiger partial charge on any atom is -0.491 e. The molecule has 0 N–H and O–H groups in total. The summed E-state index contributed by atoms with van der Waals surface area (Å²) >= 11 is 6.17. The summed E-state index contributed by atoms with van der Waals surface area (Å²) in [6.45, 7) is 0.417. The molecule has 0 unspecified atom stereocenters. The number of nitrogens with zero attached hydrogens (tertiary/aromatic N) is 3. The van der Waals surface area contributed by atoms with E-state index in [0.717, 1.165) is 0 Å². The maximum absolute atomic E-state index is 13.1. The highest BCUT2D eigenvalue weighted by atomic mass is 35.5. The normalized spacial score (nSPS) is 17.0. The fourth-order valence-electron chi connectivity index (χ4n) is 3.22. The van der Waals surface area contributed by atoms with Crippen molar-refractivity contribution in [3.05, 3.63) is 35.0 Å². The number of methoxy groups -OCH3 is 1. The molecule has 9 nitrogen and oxygen atoms in total. The van der Waals surface area contributed by atoms with E-state index >= 15 is 0 Å². The zero-order chi connectivity index (χ0) is 24.4. The molecule has 1 aromatic carbocycles. The minimum absolute atomic E-state index is 0.0448. The number of anilines is 1. The van der Waals surface area contributed by atoms with Crippen LogP contribution >= 0.6 is 11.6 Å². The molecule has 1 aliphatic rings. The van der Waals surface area contributed by atoms with Crippen LogP contribution in [0.1, 0.15) is 12.1 Å². The van der Waals surface area contributed by atoms with Crippen LogP contribution in [0, 0.1) is 0 Å². The van der Waals surface area contributed by atoms with Crippen LogP contribution in [0.5, 0.6) is 5.75 Å². The number of hydrogen-bond acceptors (Lipinski definition) is 9. The molecule has 0 radical (unpaired) electrons. The molecular formula is C18H19ClF3N3O6S2. The van der Waals surface area contributed by atoms with Crippen molar-refractivity contribution in [1.82, 2.24) is 9.97 Å². The molecular weight excluding hydrogens is 511 g/mol. The highest BCUT2D eigenvalue weighted by Gasteiger charge is 2.38. The van der Waals surface area contributed by atoms with Gasteiger partial charge in [0.25, 0.3) is 0 Å². The lowest BCUT2D eigenvalue weighted by molar-refractivity contribution is -0.141. The molecule has 1 saturated heterocycles. The zero-order valence-electron chi connectivity index (χ0n) is 17.1. The summed E-state index contributed by atoms with van der Waals surface area (Å²) in [5.74, 6) is 0.0289. The Kier molecular flexibility index (Phi) is 7.71. The summed E-state index contributed by atoms with van der Waals surface area (Å²) in [5.41, 5.74) is -1.43. The van der Waals surface area contributed by atoms with Gasteiger partial charge in [-0.05, 0) is 18.6 Å². The molecule has 0 saturated carbocycles. The van der Waals surface area contributed by atoms with Gasteiger partial charge in [-0.1, -0.05) is 11.6 Å². The van der Waals surface area contributed by atoms with E-state index in [-0.39, 0.29) is 41.9 Å². The van der Waals surface area contributed by atoms with E-state index in [1.165, 1.54) is 30.2 Å². The van der Waals surface area contributed by atoms with Gasteiger partial charge in [0.05, 0.1) is 21.8 Å². The van der Waals surface area contributed by atoms with E-state index in [9.17, 15) is 30.0 Å². The lowest BCUT2D eigenvalue weighted by Crippen LogP contribution is -2.28. The molecule has 0 amide bonds. The molecule has 0 aliphatic carbocycles. The van der Waals surface area contributed by atoms with Crippen LogP contribution in [0.15, 0.2) is 34.3 Å². The molecule has 3 rings (SSSR count). The van der Waals surface area contributed by atoms with Gasteiger partial charge in [0, 0.05) is 32.3 Å². The first-order chi connectivity index (χ1) is 15.4. The Labute approximate surface area is 194 Å². The third-order valence-corrected chi connectivity index (χ3v) is 8.01. The monoisotopic (exact) mass is 529 g/mol. The van der Waals surface area contributed by atoms with E-state index in [1.807, 2.05) is 0 Å². The summed E-state index contributed by atoms with van der Waals surface area (Å²) in [6.07, 6.45) is -4.82. The van der Waals surface area contributed by atoms with E-state index in [0.29, 0.717) is 18.4 Å². The number of halogens is 4. The Balaban J connectivity index is 1.84. The van der Waals surface area contributed by atoms with E-state index < -0.39 is 42.8 Å². The number of benzene rings is 1. The summed E-state index contributed by atoms with van der Waals surface area (Å²) in [4.78, 5) is 7.81. The van der Waals surface area contributed by atoms with Gasteiger partial charge < -0.3 is 14.4 Å². The van der Waals surface area contributed by atoms with Gasteiger partial charge >= 0.3 is 6.18 Å². The van der Waals surface area contributed by atoms with Crippen molar-refractivity contribution in [2.45, 2.75) is 27.9 Å². The topological polar surface area (TPSA) is 116 Å². The smallest absolute Gasteiger partial charge is 0.433 e. The van der Waals surface area contributed by atoms with Crippen LogP contribution in [0.3, 0.4) is 0 Å². The maximum atomic E-state index is 13.1. The fraction of sp³-hybridized carbons (Fsp3) is 0.444. The largest absolute Gasteiger partial charge is 0.491 e. The maximum Gasteiger partial charge on any atom is 0.433 e. The van der Waals surface area contributed by atoms with Crippen molar-refractivity contribution in [1.29, 1.82) is 0 Å². The van der Waals surface area contributed by atoms with Crippen molar-refractivity contribution in [2.24, 2.45) is 0 Å². The first kappa shape index (κ1) is 25.5. The molecule has 182 valence electrons. The molecule has 1 fully saturated rings. The molecule has 2 aromatic rings. The van der Waals surface area contributed by atoms with E-state index in [2.05, 4.69) is 9.97 Å². The Morgan fingerprint density at radius 3 is 2.55 bits per heavy atom. The molecule has 0 bridgehead atoms. The molecule has 33 heavy (non-hydrogen) atoms. The average Bonchev–Trinajstić information content (AvgIpc) is 3.24. The number of alkyl halides is 3. The Hall–Kier alpha value is -2.16. The van der Waals surface area contributed by atoms with Crippen LogP contribution in [-0.2, 0) is 31.5 Å². The molecule has 1 aromatic heterocycles. The highest BCUT2D eigenvalue weighted by Crippen LogP contribution is 2.34. The lowest BCUT2D eigenvalue weighted by Gasteiger charge is -2.19. The van der Waals surface area contributed by atoms with Crippen molar-refractivity contribution in [3.8, 4) is 5.75 Å². The van der Waals surface area contributed by atoms with Gasteiger partial charge in [0.2, 0.25) is 15.9 Å². The van der Waals surface area contributed by atoms with Gasteiger partial charge in [-0.2, -0.15) is 13.2 Å². The second kappa shape index (κ2) is 9.99. The molecule has 15 heteroatoms. The zero-order valence-corrected chi connectivity index (χ0v) is 19.5. The number of aromatic nitrogens is 2. The molecule has 0 spiro atoms. The van der Waals surface area contributed by atoms with Gasteiger partial charge in [0.1, 0.15) is 18.2 Å². The number of thiol groups is 1. The molecule has 2 heterocycles. The highest BCUT2D eigenvalue weighted by molar-refractivity contribution is 7.92. The van der Waals surface area contributed by atoms with Gasteiger partial charge in [-0.15, -0.1) is 0 Å². The predicted octanol–water partition coefficient (Wildman–Crippen LogP) is 2.20. The van der Waals surface area contributed by atoms with Crippen LogP contribution in [0.2, 0.25) is 5.02 Å². The average molecular weight is 530 g/mol. The number of ether oxygens (including phenoxy) is 2. The second-order valence-corrected chi connectivity index (χ2v) is 10.5. The van der Waals surface area contributed by atoms with Gasteiger partial charge in [0.15, 0.2) is 15.5 Å². The van der Waals surface area contributed by atoms with Crippen LogP contribution in [0.4, 0.5) is 19.0 Å². The third-order valence-electron chi connectivity index (χ3n) is 4.83. The van der Waals surface area contributed by atoms with Crippen molar-refractivity contribution in [2.75, 3.05) is 38.3 Å². The van der Waals surface area contributed by atoms with E-state index in [4.69, 9.17) is 21.1 Å². The summed E-state index contributed by atoms with van der Waals surface area (Å²) in [5, 5.41) is -2.05. The number of rotatable bonds is 8. The van der Waals surface area contributed by atoms with Gasteiger partial charge in [-0.25, -0.2) is 26.8 Å². The number of sulfone groups is 1. The van der Waals surface area contributed by atoms with Crippen molar-refractivity contribution >= 4 is 38.0 Å². The van der Waals surface area contributed by atoms with Crippen molar-refractivity contribution in [3.63, 3.8) is 0 Å². The fourth-order valence-corrected chi connectivity index (χ4v) is 5.83. The SMILES string of the molecule is COCCOc1ccc(S(=O)(=O)[C@H]2CCN(c3cc(C(F)(F)F)nc([SH](=O)=O)n3)C2)c(Cl)c1. The Morgan fingerprint density at radius 2 is 1.94 bits per heavy atom. The Morgan fingerprint density at radius 1 is 1.21 bits per heavy atom. The summed E-state index contributed by atoms with van der Waals surface area (Å²) in [6, 6.07) is 4.69. The van der Waals surface area contributed by atoms with Crippen LogP contribution in [0.25, 0.3) is 0 Å². The molecule has 1 atom stereocenters. The quantitative estimate of drug-likeness (QED) is 0.312. The molecule has 1 aliphatic heterocycles. The Bertz CT molecular complexity index is 1200. The second-order valence-electron chi connectivity index (χ2n) is 7.00.